The number of rotatable bonds is 6. The van der Waals surface area contributed by atoms with Crippen molar-refractivity contribution in [3.8, 4) is 0 Å². The number of hydrogen-bond donors (Lipinski definition) is 1. The number of halogens is 1. The lowest BCUT2D eigenvalue weighted by molar-refractivity contribution is 0.555. The van der Waals surface area contributed by atoms with E-state index in [4.69, 9.17) is 11.6 Å². The van der Waals surface area contributed by atoms with Crippen LogP contribution in [0.4, 0.5) is 0 Å². The Morgan fingerprint density at radius 2 is 1.69 bits per heavy atom. The van der Waals surface area contributed by atoms with Crippen LogP contribution in [-0.4, -0.2) is 19.1 Å². The van der Waals surface area contributed by atoms with Crippen molar-refractivity contribution in [2.45, 2.75) is 39.8 Å². The molecule has 0 radical (unpaired) electrons. The highest BCUT2D eigenvalue weighted by Crippen LogP contribution is 2.13. The molecule has 0 spiro atoms. The minimum Gasteiger partial charge on any atom is -0.333 e. The molecule has 136 valence electrons. The first-order valence-corrected chi connectivity index (χ1v) is 9.10. The van der Waals surface area contributed by atoms with Gasteiger partial charge in [0.15, 0.2) is 5.65 Å². The van der Waals surface area contributed by atoms with Gasteiger partial charge >= 0.3 is 5.69 Å². The van der Waals surface area contributed by atoms with Gasteiger partial charge in [0.1, 0.15) is 11.3 Å². The van der Waals surface area contributed by atoms with E-state index in [-0.39, 0.29) is 11.2 Å². The van der Waals surface area contributed by atoms with Crippen molar-refractivity contribution in [1.82, 2.24) is 19.1 Å². The lowest BCUT2D eigenvalue weighted by atomic mass is 10.2. The number of aryl methyl sites for hydroxylation is 1. The quantitative estimate of drug-likeness (QED) is 0.719. The van der Waals surface area contributed by atoms with Crippen LogP contribution in [0.2, 0.25) is 5.02 Å². The van der Waals surface area contributed by atoms with Crippen LogP contribution >= 0.6 is 11.6 Å². The molecule has 0 aliphatic carbocycles. The lowest BCUT2D eigenvalue weighted by Gasteiger charge is -2.09. The lowest BCUT2D eigenvalue weighted by Crippen LogP contribution is -2.40. The van der Waals surface area contributed by atoms with Crippen molar-refractivity contribution in [3.63, 3.8) is 0 Å². The van der Waals surface area contributed by atoms with Gasteiger partial charge < -0.3 is 4.98 Å². The zero-order valence-corrected chi connectivity index (χ0v) is 15.6. The molecule has 3 rings (SSSR count). The summed E-state index contributed by atoms with van der Waals surface area (Å²) in [5.41, 5.74) is 1.11. The van der Waals surface area contributed by atoms with Crippen LogP contribution in [0.25, 0.3) is 23.3 Å². The van der Waals surface area contributed by atoms with Crippen molar-refractivity contribution < 1.29 is 0 Å². The first kappa shape index (κ1) is 18.2. The molecule has 1 N–H and O–H groups in total. The topological polar surface area (TPSA) is 72.7 Å². The maximum Gasteiger partial charge on any atom is 0.332 e. The molecule has 0 atom stereocenters. The Kier molecular flexibility index (Phi) is 5.42. The Morgan fingerprint density at radius 3 is 2.35 bits per heavy atom. The van der Waals surface area contributed by atoms with E-state index in [1.165, 1.54) is 4.57 Å². The molecule has 0 aliphatic rings. The van der Waals surface area contributed by atoms with Crippen LogP contribution in [0.1, 0.15) is 38.1 Å². The van der Waals surface area contributed by atoms with Crippen LogP contribution < -0.4 is 11.2 Å². The van der Waals surface area contributed by atoms with E-state index in [1.54, 1.807) is 10.6 Å². The zero-order valence-electron chi connectivity index (χ0n) is 14.8. The van der Waals surface area contributed by atoms with Gasteiger partial charge in [0.25, 0.3) is 5.56 Å². The summed E-state index contributed by atoms with van der Waals surface area (Å²) in [6.07, 6.45) is 5.15. The van der Waals surface area contributed by atoms with Gasteiger partial charge in [-0.2, -0.15) is 0 Å². The van der Waals surface area contributed by atoms with Crippen molar-refractivity contribution in [2.24, 2.45) is 0 Å². The molecule has 0 aliphatic heterocycles. The highest BCUT2D eigenvalue weighted by molar-refractivity contribution is 6.30. The van der Waals surface area contributed by atoms with E-state index in [0.29, 0.717) is 41.5 Å². The average Bonchev–Trinajstić information content (AvgIpc) is 3.06. The van der Waals surface area contributed by atoms with Gasteiger partial charge in [-0.1, -0.05) is 43.7 Å². The minimum atomic E-state index is -0.321. The fourth-order valence-corrected chi connectivity index (χ4v) is 2.98. The van der Waals surface area contributed by atoms with Gasteiger partial charge in [0.2, 0.25) is 0 Å². The van der Waals surface area contributed by atoms with Gasteiger partial charge in [-0.3, -0.25) is 13.9 Å². The number of nitrogens with zero attached hydrogens (tertiary/aromatic N) is 3. The largest absolute Gasteiger partial charge is 0.333 e. The van der Waals surface area contributed by atoms with E-state index in [2.05, 4.69) is 9.97 Å². The molecule has 0 saturated carbocycles. The summed E-state index contributed by atoms with van der Waals surface area (Å²) in [6.45, 7) is 4.84. The Labute approximate surface area is 155 Å². The molecular weight excluding hydrogens is 352 g/mol. The van der Waals surface area contributed by atoms with Crippen LogP contribution in [-0.2, 0) is 13.1 Å². The molecule has 26 heavy (non-hydrogen) atoms. The molecule has 7 heteroatoms. The van der Waals surface area contributed by atoms with E-state index < -0.39 is 0 Å². The van der Waals surface area contributed by atoms with Crippen LogP contribution in [0.5, 0.6) is 0 Å². The molecule has 0 amide bonds. The van der Waals surface area contributed by atoms with Gasteiger partial charge in [-0.25, -0.2) is 9.78 Å². The van der Waals surface area contributed by atoms with E-state index in [9.17, 15) is 9.59 Å². The summed E-state index contributed by atoms with van der Waals surface area (Å²) in [5, 5.41) is 0.672. The molecule has 1 aromatic carbocycles. The second kappa shape index (κ2) is 7.74. The molecule has 0 saturated heterocycles. The summed E-state index contributed by atoms with van der Waals surface area (Å²) < 4.78 is 2.85. The predicted molar refractivity (Wildman–Crippen MR) is 106 cm³/mol. The number of aromatic nitrogens is 4. The molecule has 0 bridgehead atoms. The molecule has 3 aromatic rings. The zero-order chi connectivity index (χ0) is 18.7. The number of fused-ring (bicyclic) bond motifs is 1. The summed E-state index contributed by atoms with van der Waals surface area (Å²) in [4.78, 5) is 32.8. The van der Waals surface area contributed by atoms with E-state index in [1.807, 2.05) is 44.2 Å². The molecule has 0 fully saturated rings. The number of H-pyrrole nitrogens is 1. The van der Waals surface area contributed by atoms with Crippen molar-refractivity contribution >= 4 is 34.9 Å². The number of benzene rings is 1. The summed E-state index contributed by atoms with van der Waals surface area (Å²) >= 11 is 5.89. The standard InChI is InChI=1S/C19H21ClN4O2/c1-3-11-23-17-16(18(25)24(12-4-2)19(23)26)21-15(22-17)10-7-13-5-8-14(20)9-6-13/h5-10H,3-4,11-12H2,1-2H3,(H,21,22)/b10-7+. The monoisotopic (exact) mass is 372 g/mol. The number of nitrogens with one attached hydrogen (secondary N) is 1. The minimum absolute atomic E-state index is 0.300. The first-order chi connectivity index (χ1) is 12.5. The van der Waals surface area contributed by atoms with Gasteiger partial charge in [0.05, 0.1) is 0 Å². The van der Waals surface area contributed by atoms with Crippen molar-refractivity contribution in [2.75, 3.05) is 0 Å². The first-order valence-electron chi connectivity index (χ1n) is 8.72. The second-order valence-corrected chi connectivity index (χ2v) is 6.53. The molecular formula is C19H21ClN4O2. The van der Waals surface area contributed by atoms with Crippen LogP contribution in [0.3, 0.4) is 0 Å². The Balaban J connectivity index is 2.10. The average molecular weight is 373 g/mol. The molecule has 0 unspecified atom stereocenters. The smallest absolute Gasteiger partial charge is 0.332 e. The van der Waals surface area contributed by atoms with Crippen LogP contribution in [0, 0.1) is 0 Å². The van der Waals surface area contributed by atoms with Gasteiger partial charge in [0, 0.05) is 18.1 Å². The third-order valence-electron chi connectivity index (χ3n) is 4.08. The maximum absolute atomic E-state index is 12.7. The molecule has 6 nitrogen and oxygen atoms in total. The van der Waals surface area contributed by atoms with E-state index in [0.717, 1.165) is 12.0 Å². The van der Waals surface area contributed by atoms with Crippen molar-refractivity contribution in [1.29, 1.82) is 0 Å². The highest BCUT2D eigenvalue weighted by Gasteiger charge is 2.15. The van der Waals surface area contributed by atoms with Gasteiger partial charge in [-0.05, 0) is 36.6 Å². The SMILES string of the molecule is CCCn1c(=O)c2[nH]c(/C=C/c3ccc(Cl)cc3)nc2n(CCC)c1=O. The number of imidazole rings is 1. The fourth-order valence-electron chi connectivity index (χ4n) is 2.86. The Hall–Kier alpha value is -2.60. The fraction of sp³-hybridized carbons (Fsp3) is 0.316. The Bertz CT molecular complexity index is 1060. The van der Waals surface area contributed by atoms with E-state index >= 15 is 0 Å². The summed E-state index contributed by atoms with van der Waals surface area (Å²) in [7, 11) is 0. The predicted octanol–water partition coefficient (Wildman–Crippen LogP) is 3.53. The van der Waals surface area contributed by atoms with Gasteiger partial charge in [-0.15, -0.1) is 0 Å². The normalized spacial score (nSPS) is 11.7. The van der Waals surface area contributed by atoms with Crippen LogP contribution in [0.15, 0.2) is 33.9 Å². The molecule has 2 aromatic heterocycles. The third-order valence-corrected chi connectivity index (χ3v) is 4.33. The summed E-state index contributed by atoms with van der Waals surface area (Å²) in [6, 6.07) is 7.40. The third kappa shape index (κ3) is 3.51. The number of hydrogen-bond acceptors (Lipinski definition) is 3. The molecule has 2 heterocycles. The highest BCUT2D eigenvalue weighted by atomic mass is 35.5. The second-order valence-electron chi connectivity index (χ2n) is 6.10. The maximum atomic E-state index is 12.7. The number of aromatic amines is 1. The summed E-state index contributed by atoms with van der Waals surface area (Å²) in [5.74, 6) is 0.533. The van der Waals surface area contributed by atoms with Crippen molar-refractivity contribution in [3.05, 3.63) is 61.5 Å². The Morgan fingerprint density at radius 1 is 1.04 bits per heavy atom.